The van der Waals surface area contributed by atoms with Crippen LogP contribution in [0, 0.1) is 11.3 Å². The lowest BCUT2D eigenvalue weighted by atomic mass is 10.2. The van der Waals surface area contributed by atoms with Crippen LogP contribution in [0.1, 0.15) is 5.56 Å². The standard InChI is InChI=1S/C10H6N4/c11-4-8-5-13-10(14-6-8)9-2-1-3-12-7-9/h1-3,5-7H. The fourth-order valence-corrected chi connectivity index (χ4v) is 1.03. The summed E-state index contributed by atoms with van der Waals surface area (Å²) in [5.41, 5.74) is 1.30. The number of nitriles is 1. The van der Waals surface area contributed by atoms with E-state index in [4.69, 9.17) is 5.26 Å². The zero-order valence-corrected chi connectivity index (χ0v) is 7.25. The molecule has 0 bridgehead atoms. The van der Waals surface area contributed by atoms with Crippen molar-refractivity contribution in [1.82, 2.24) is 15.0 Å². The molecule has 2 aromatic heterocycles. The van der Waals surface area contributed by atoms with E-state index >= 15 is 0 Å². The van der Waals surface area contributed by atoms with Crippen molar-refractivity contribution in [2.75, 3.05) is 0 Å². The molecule has 0 fully saturated rings. The van der Waals surface area contributed by atoms with Crippen molar-refractivity contribution in [1.29, 1.82) is 5.26 Å². The predicted octanol–water partition coefficient (Wildman–Crippen LogP) is 1.41. The molecule has 2 heterocycles. The minimum Gasteiger partial charge on any atom is -0.264 e. The molecule has 0 amide bonds. The minimum atomic E-state index is 0.456. The lowest BCUT2D eigenvalue weighted by Crippen LogP contribution is -1.89. The Kier molecular flexibility index (Phi) is 2.15. The third-order valence-electron chi connectivity index (χ3n) is 1.70. The van der Waals surface area contributed by atoms with E-state index in [9.17, 15) is 0 Å². The highest BCUT2D eigenvalue weighted by molar-refractivity contribution is 5.52. The van der Waals surface area contributed by atoms with Gasteiger partial charge in [-0.2, -0.15) is 5.26 Å². The average Bonchev–Trinajstić information content (AvgIpc) is 2.30. The van der Waals surface area contributed by atoms with Gasteiger partial charge in [0.15, 0.2) is 5.82 Å². The molecule has 2 aromatic rings. The normalized spacial score (nSPS) is 9.36. The van der Waals surface area contributed by atoms with Crippen molar-refractivity contribution < 1.29 is 0 Å². The summed E-state index contributed by atoms with van der Waals surface area (Å²) >= 11 is 0. The van der Waals surface area contributed by atoms with Gasteiger partial charge >= 0.3 is 0 Å². The molecular weight excluding hydrogens is 176 g/mol. The van der Waals surface area contributed by atoms with Crippen molar-refractivity contribution >= 4 is 0 Å². The molecule has 0 spiro atoms. The van der Waals surface area contributed by atoms with Crippen molar-refractivity contribution in [3.8, 4) is 17.5 Å². The molecule has 2 rings (SSSR count). The first kappa shape index (κ1) is 8.32. The van der Waals surface area contributed by atoms with Gasteiger partial charge < -0.3 is 0 Å². The van der Waals surface area contributed by atoms with E-state index in [1.165, 1.54) is 12.4 Å². The fourth-order valence-electron chi connectivity index (χ4n) is 1.03. The van der Waals surface area contributed by atoms with Crippen molar-refractivity contribution in [3.05, 3.63) is 42.5 Å². The van der Waals surface area contributed by atoms with Gasteiger partial charge in [0.25, 0.3) is 0 Å². The third-order valence-corrected chi connectivity index (χ3v) is 1.70. The summed E-state index contributed by atoms with van der Waals surface area (Å²) in [5, 5.41) is 8.56. The van der Waals surface area contributed by atoms with Crippen molar-refractivity contribution in [2.45, 2.75) is 0 Å². The first-order valence-corrected chi connectivity index (χ1v) is 4.02. The molecule has 0 saturated carbocycles. The summed E-state index contributed by atoms with van der Waals surface area (Å²) in [6.45, 7) is 0. The maximum absolute atomic E-state index is 8.56. The van der Waals surface area contributed by atoms with Gasteiger partial charge in [-0.15, -0.1) is 0 Å². The lowest BCUT2D eigenvalue weighted by Gasteiger charge is -1.97. The summed E-state index contributed by atoms with van der Waals surface area (Å²) in [4.78, 5) is 12.1. The smallest absolute Gasteiger partial charge is 0.160 e. The van der Waals surface area contributed by atoms with E-state index < -0.39 is 0 Å². The number of hydrogen-bond donors (Lipinski definition) is 0. The third kappa shape index (κ3) is 1.57. The zero-order valence-electron chi connectivity index (χ0n) is 7.25. The predicted molar refractivity (Wildman–Crippen MR) is 50.0 cm³/mol. The fraction of sp³-hybridized carbons (Fsp3) is 0. The van der Waals surface area contributed by atoms with Crippen LogP contribution in [0.25, 0.3) is 11.4 Å². The molecule has 0 aliphatic rings. The van der Waals surface area contributed by atoms with Crippen LogP contribution in [-0.2, 0) is 0 Å². The molecule has 0 radical (unpaired) electrons. The Morgan fingerprint density at radius 1 is 1.14 bits per heavy atom. The van der Waals surface area contributed by atoms with Gasteiger partial charge in [-0.1, -0.05) is 0 Å². The highest BCUT2D eigenvalue weighted by Crippen LogP contribution is 2.11. The van der Waals surface area contributed by atoms with E-state index in [0.29, 0.717) is 11.4 Å². The van der Waals surface area contributed by atoms with Crippen molar-refractivity contribution in [3.63, 3.8) is 0 Å². The van der Waals surface area contributed by atoms with E-state index in [1.807, 2.05) is 18.2 Å². The average molecular weight is 182 g/mol. The molecule has 4 nitrogen and oxygen atoms in total. The number of pyridine rings is 1. The Bertz CT molecular complexity index is 456. The van der Waals surface area contributed by atoms with Crippen LogP contribution >= 0.6 is 0 Å². The molecule has 66 valence electrons. The van der Waals surface area contributed by atoms with Gasteiger partial charge in [0.05, 0.1) is 5.56 Å². The van der Waals surface area contributed by atoms with Gasteiger partial charge in [0.2, 0.25) is 0 Å². The van der Waals surface area contributed by atoms with Crippen LogP contribution in [0.15, 0.2) is 36.9 Å². The molecule has 0 aliphatic carbocycles. The van der Waals surface area contributed by atoms with E-state index in [1.54, 1.807) is 12.4 Å². The second-order valence-electron chi connectivity index (χ2n) is 2.65. The quantitative estimate of drug-likeness (QED) is 0.668. The number of nitrogens with zero attached hydrogens (tertiary/aromatic N) is 4. The number of rotatable bonds is 1. The van der Waals surface area contributed by atoms with Crippen molar-refractivity contribution in [2.24, 2.45) is 0 Å². The Morgan fingerprint density at radius 2 is 1.93 bits per heavy atom. The summed E-state index contributed by atoms with van der Waals surface area (Å²) in [5.74, 6) is 0.581. The maximum Gasteiger partial charge on any atom is 0.160 e. The summed E-state index contributed by atoms with van der Waals surface area (Å²) in [7, 11) is 0. The van der Waals surface area contributed by atoms with Gasteiger partial charge in [-0.3, -0.25) is 4.98 Å². The summed E-state index contributed by atoms with van der Waals surface area (Å²) in [6, 6.07) is 5.65. The van der Waals surface area contributed by atoms with Gasteiger partial charge in [0.1, 0.15) is 6.07 Å². The second kappa shape index (κ2) is 3.62. The topological polar surface area (TPSA) is 62.5 Å². The molecular formula is C10H6N4. The monoisotopic (exact) mass is 182 g/mol. The largest absolute Gasteiger partial charge is 0.264 e. The molecule has 0 atom stereocenters. The summed E-state index contributed by atoms with van der Waals surface area (Å²) in [6.07, 6.45) is 6.36. The number of hydrogen-bond acceptors (Lipinski definition) is 4. The highest BCUT2D eigenvalue weighted by Gasteiger charge is 1.99. The van der Waals surface area contributed by atoms with E-state index in [2.05, 4.69) is 15.0 Å². The number of aromatic nitrogens is 3. The first-order valence-electron chi connectivity index (χ1n) is 4.02. The molecule has 4 heteroatoms. The van der Waals surface area contributed by atoms with Crippen LogP contribution in [0.3, 0.4) is 0 Å². The Hall–Kier alpha value is -2.28. The van der Waals surface area contributed by atoms with Crippen LogP contribution in [0.4, 0.5) is 0 Å². The van der Waals surface area contributed by atoms with Gasteiger partial charge in [-0.05, 0) is 12.1 Å². The van der Waals surface area contributed by atoms with Gasteiger partial charge in [0, 0.05) is 30.4 Å². The minimum absolute atomic E-state index is 0.456. The molecule has 0 saturated heterocycles. The Morgan fingerprint density at radius 3 is 2.50 bits per heavy atom. The van der Waals surface area contributed by atoms with Crippen LogP contribution in [0.2, 0.25) is 0 Å². The van der Waals surface area contributed by atoms with Gasteiger partial charge in [-0.25, -0.2) is 9.97 Å². The Labute approximate surface area is 80.9 Å². The second-order valence-corrected chi connectivity index (χ2v) is 2.65. The molecule has 0 N–H and O–H groups in total. The van der Waals surface area contributed by atoms with E-state index in [0.717, 1.165) is 5.56 Å². The molecule has 0 aromatic carbocycles. The van der Waals surface area contributed by atoms with Crippen LogP contribution < -0.4 is 0 Å². The highest BCUT2D eigenvalue weighted by atomic mass is 14.9. The first-order chi connectivity index (χ1) is 6.90. The van der Waals surface area contributed by atoms with Crippen LogP contribution in [0.5, 0.6) is 0 Å². The van der Waals surface area contributed by atoms with Crippen LogP contribution in [-0.4, -0.2) is 15.0 Å². The van der Waals surface area contributed by atoms with E-state index in [-0.39, 0.29) is 0 Å². The zero-order chi connectivity index (χ0) is 9.80. The lowest BCUT2D eigenvalue weighted by molar-refractivity contribution is 1.15. The molecule has 14 heavy (non-hydrogen) atoms. The Balaban J connectivity index is 2.40. The summed E-state index contributed by atoms with van der Waals surface area (Å²) < 4.78 is 0. The molecule has 0 aliphatic heterocycles. The SMILES string of the molecule is N#Cc1cnc(-c2cccnc2)nc1. The molecule has 0 unspecified atom stereocenters. The maximum atomic E-state index is 8.56.